The van der Waals surface area contributed by atoms with Crippen molar-refractivity contribution in [3.63, 3.8) is 0 Å². The number of amides is 2. The van der Waals surface area contributed by atoms with Crippen LogP contribution in [0.5, 0.6) is 0 Å². The van der Waals surface area contributed by atoms with Crippen molar-refractivity contribution >= 4 is 29.0 Å². The van der Waals surface area contributed by atoms with Crippen LogP contribution in [0.15, 0.2) is 36.4 Å². The molecule has 4 rings (SSSR count). The molecule has 1 aromatic heterocycles. The third kappa shape index (κ3) is 5.39. The highest BCUT2D eigenvalue weighted by Crippen LogP contribution is 2.32. The van der Waals surface area contributed by atoms with Gasteiger partial charge in [-0.15, -0.1) is 0 Å². The molecule has 1 atom stereocenters. The largest absolute Gasteiger partial charge is 0.357 e. The number of nitrogens with zero attached hydrogens (tertiary/aromatic N) is 2. The Bertz CT molecular complexity index is 976. The van der Waals surface area contributed by atoms with Crippen molar-refractivity contribution in [2.75, 3.05) is 29.9 Å². The zero-order valence-electron chi connectivity index (χ0n) is 19.2. The van der Waals surface area contributed by atoms with Gasteiger partial charge in [0.1, 0.15) is 5.82 Å². The molecule has 2 saturated heterocycles. The number of aryl methyl sites for hydroxylation is 1. The highest BCUT2D eigenvalue weighted by Gasteiger charge is 2.28. The molecule has 0 spiro atoms. The summed E-state index contributed by atoms with van der Waals surface area (Å²) in [5, 5.41) is 9.05. The average Bonchev–Trinajstić information content (AvgIpc) is 3.21. The summed E-state index contributed by atoms with van der Waals surface area (Å²) in [4.78, 5) is 30.6. The molecule has 7 heteroatoms. The topological polar surface area (TPSA) is 86.4 Å². The molecular weight excluding hydrogens is 402 g/mol. The molecule has 1 aromatic carbocycles. The van der Waals surface area contributed by atoms with E-state index >= 15 is 0 Å². The maximum atomic E-state index is 12.2. The highest BCUT2D eigenvalue weighted by molar-refractivity contribution is 5.89. The van der Waals surface area contributed by atoms with Crippen LogP contribution < -0.4 is 20.9 Å². The van der Waals surface area contributed by atoms with Crippen molar-refractivity contribution in [1.29, 1.82) is 0 Å². The summed E-state index contributed by atoms with van der Waals surface area (Å²) in [7, 11) is 0. The first kappa shape index (κ1) is 22.1. The van der Waals surface area contributed by atoms with E-state index in [1.807, 2.05) is 31.2 Å². The summed E-state index contributed by atoms with van der Waals surface area (Å²) < 4.78 is 0. The molecule has 0 radical (unpaired) electrons. The van der Waals surface area contributed by atoms with Gasteiger partial charge in [0.2, 0.25) is 11.8 Å². The second-order valence-corrected chi connectivity index (χ2v) is 9.70. The van der Waals surface area contributed by atoms with E-state index in [4.69, 9.17) is 4.98 Å². The molecule has 170 valence electrons. The van der Waals surface area contributed by atoms with Gasteiger partial charge in [0, 0.05) is 38.3 Å². The van der Waals surface area contributed by atoms with E-state index in [-0.39, 0.29) is 24.2 Å². The Labute approximate surface area is 190 Å². The van der Waals surface area contributed by atoms with Crippen molar-refractivity contribution in [2.24, 2.45) is 11.3 Å². The summed E-state index contributed by atoms with van der Waals surface area (Å²) >= 11 is 0. The number of nitrogens with one attached hydrogen (secondary N) is 3. The lowest BCUT2D eigenvalue weighted by atomic mass is 9.83. The molecule has 32 heavy (non-hydrogen) atoms. The summed E-state index contributed by atoms with van der Waals surface area (Å²) in [6.45, 7) is 9.69. The zero-order valence-corrected chi connectivity index (χ0v) is 19.2. The van der Waals surface area contributed by atoms with Gasteiger partial charge < -0.3 is 20.9 Å². The zero-order chi connectivity index (χ0) is 22.7. The molecule has 0 saturated carbocycles. The van der Waals surface area contributed by atoms with Crippen LogP contribution in [0.2, 0.25) is 0 Å². The van der Waals surface area contributed by atoms with Gasteiger partial charge in [-0.3, -0.25) is 9.59 Å². The minimum atomic E-state index is -0.265. The van der Waals surface area contributed by atoms with Crippen LogP contribution in [0, 0.1) is 18.3 Å². The molecule has 7 nitrogen and oxygen atoms in total. The number of hydrogen-bond donors (Lipinski definition) is 3. The fourth-order valence-corrected chi connectivity index (χ4v) is 4.18. The van der Waals surface area contributed by atoms with E-state index in [1.165, 1.54) is 12.8 Å². The summed E-state index contributed by atoms with van der Waals surface area (Å²) in [5.41, 5.74) is 4.38. The predicted octanol–water partition coefficient (Wildman–Crippen LogP) is 3.51. The van der Waals surface area contributed by atoms with Gasteiger partial charge in [0.25, 0.3) is 0 Å². The van der Waals surface area contributed by atoms with Crippen molar-refractivity contribution in [3.05, 3.63) is 47.7 Å². The number of piperidine rings is 1. The van der Waals surface area contributed by atoms with Crippen LogP contribution in [0.1, 0.15) is 44.4 Å². The number of carbonyl (C=O) groups is 2. The SMILES string of the molecule is Cc1nc(N2CCC(C)(C)CC2)ccc1Nc1ccc(CNC(=O)C2CNC(=O)C2)cc1. The molecule has 3 heterocycles. The summed E-state index contributed by atoms with van der Waals surface area (Å²) in [6, 6.07) is 12.2. The standard InChI is InChI=1S/C25H33N5O2/c1-17-21(8-9-22(28-17)30-12-10-25(2,3)11-13-30)29-20-6-4-18(5-7-20)15-27-24(32)19-14-23(31)26-16-19/h4-9,19,29H,10-16H2,1-3H3,(H,26,31)(H,27,32). The fourth-order valence-electron chi connectivity index (χ4n) is 4.18. The van der Waals surface area contributed by atoms with Crippen LogP contribution in [-0.2, 0) is 16.1 Å². The summed E-state index contributed by atoms with van der Waals surface area (Å²) in [6.07, 6.45) is 2.66. The van der Waals surface area contributed by atoms with Gasteiger partial charge in [0.05, 0.1) is 17.3 Å². The summed E-state index contributed by atoms with van der Waals surface area (Å²) in [5.74, 6) is 0.648. The van der Waals surface area contributed by atoms with Crippen LogP contribution in [0.4, 0.5) is 17.2 Å². The number of pyridine rings is 1. The Morgan fingerprint density at radius 1 is 1.16 bits per heavy atom. The minimum Gasteiger partial charge on any atom is -0.357 e. The normalized spacial score (nSPS) is 20.0. The molecule has 0 bridgehead atoms. The number of benzene rings is 1. The first-order valence-corrected chi connectivity index (χ1v) is 11.4. The van der Waals surface area contributed by atoms with E-state index in [2.05, 4.69) is 46.8 Å². The molecule has 3 N–H and O–H groups in total. The van der Waals surface area contributed by atoms with Gasteiger partial charge in [-0.2, -0.15) is 0 Å². The first-order valence-electron chi connectivity index (χ1n) is 11.4. The molecule has 2 aliphatic rings. The smallest absolute Gasteiger partial charge is 0.225 e. The van der Waals surface area contributed by atoms with Crippen molar-refractivity contribution in [2.45, 2.75) is 46.6 Å². The van der Waals surface area contributed by atoms with Crippen molar-refractivity contribution in [1.82, 2.24) is 15.6 Å². The lowest BCUT2D eigenvalue weighted by molar-refractivity contribution is -0.126. The van der Waals surface area contributed by atoms with E-state index in [0.717, 1.165) is 41.5 Å². The van der Waals surface area contributed by atoms with Crippen LogP contribution in [-0.4, -0.2) is 36.4 Å². The van der Waals surface area contributed by atoms with Crippen molar-refractivity contribution < 1.29 is 9.59 Å². The number of aromatic nitrogens is 1. The van der Waals surface area contributed by atoms with Crippen LogP contribution in [0.3, 0.4) is 0 Å². The predicted molar refractivity (Wildman–Crippen MR) is 127 cm³/mol. The lowest BCUT2D eigenvalue weighted by Crippen LogP contribution is -2.37. The van der Waals surface area contributed by atoms with Gasteiger partial charge in [-0.05, 0) is 55.0 Å². The maximum absolute atomic E-state index is 12.2. The molecule has 0 aliphatic carbocycles. The number of hydrogen-bond acceptors (Lipinski definition) is 5. The van der Waals surface area contributed by atoms with Gasteiger partial charge >= 0.3 is 0 Å². The number of carbonyl (C=O) groups excluding carboxylic acids is 2. The van der Waals surface area contributed by atoms with Gasteiger partial charge in [-0.1, -0.05) is 26.0 Å². The number of rotatable bonds is 6. The molecule has 2 fully saturated rings. The van der Waals surface area contributed by atoms with Gasteiger partial charge in [-0.25, -0.2) is 4.98 Å². The molecule has 2 aliphatic heterocycles. The molecule has 2 amide bonds. The Kier molecular flexibility index (Phi) is 6.35. The molecule has 2 aromatic rings. The minimum absolute atomic E-state index is 0.0572. The Balaban J connectivity index is 1.31. The third-order valence-electron chi connectivity index (χ3n) is 6.56. The third-order valence-corrected chi connectivity index (χ3v) is 6.56. The van der Waals surface area contributed by atoms with Crippen molar-refractivity contribution in [3.8, 4) is 0 Å². The van der Waals surface area contributed by atoms with Crippen LogP contribution >= 0.6 is 0 Å². The number of anilines is 3. The fraction of sp³-hybridized carbons (Fsp3) is 0.480. The quantitative estimate of drug-likeness (QED) is 0.646. The van der Waals surface area contributed by atoms with E-state index < -0.39 is 0 Å². The average molecular weight is 436 g/mol. The van der Waals surface area contributed by atoms with Crippen LogP contribution in [0.25, 0.3) is 0 Å². The Hall–Kier alpha value is -3.09. The first-order chi connectivity index (χ1) is 15.3. The van der Waals surface area contributed by atoms with E-state index in [9.17, 15) is 9.59 Å². The lowest BCUT2D eigenvalue weighted by Gasteiger charge is -2.37. The second kappa shape index (κ2) is 9.18. The van der Waals surface area contributed by atoms with E-state index in [0.29, 0.717) is 18.5 Å². The Morgan fingerprint density at radius 3 is 2.50 bits per heavy atom. The monoisotopic (exact) mass is 435 g/mol. The maximum Gasteiger partial charge on any atom is 0.225 e. The van der Waals surface area contributed by atoms with Gasteiger partial charge in [0.15, 0.2) is 0 Å². The molecule has 1 unspecified atom stereocenters. The highest BCUT2D eigenvalue weighted by atomic mass is 16.2. The second-order valence-electron chi connectivity index (χ2n) is 9.70. The Morgan fingerprint density at radius 2 is 1.88 bits per heavy atom. The van der Waals surface area contributed by atoms with E-state index in [1.54, 1.807) is 0 Å². The molecular formula is C25H33N5O2.